The van der Waals surface area contributed by atoms with Crippen LogP contribution in [0.15, 0.2) is 35.2 Å². The minimum Gasteiger partial charge on any atom is -0.399 e. The van der Waals surface area contributed by atoms with Gasteiger partial charge in [0, 0.05) is 11.4 Å². The van der Waals surface area contributed by atoms with Gasteiger partial charge in [-0.3, -0.25) is 4.72 Å². The molecule has 3 N–H and O–H groups in total. The maximum absolute atomic E-state index is 13.6. The third-order valence-electron chi connectivity index (χ3n) is 2.81. The normalized spacial score (nSPS) is 11.4. The van der Waals surface area contributed by atoms with Crippen molar-refractivity contribution in [3.8, 4) is 0 Å². The van der Waals surface area contributed by atoms with Gasteiger partial charge in [0.05, 0.1) is 10.0 Å². The summed E-state index contributed by atoms with van der Waals surface area (Å²) in [6.45, 7) is 1.74. The summed E-state index contributed by atoms with van der Waals surface area (Å²) in [5.41, 5.74) is 7.21. The summed E-state index contributed by atoms with van der Waals surface area (Å²) in [5, 5.41) is -0.801. The van der Waals surface area contributed by atoms with E-state index in [4.69, 9.17) is 28.9 Å². The van der Waals surface area contributed by atoms with Gasteiger partial charge in [-0.25, -0.2) is 12.8 Å². The van der Waals surface area contributed by atoms with Crippen molar-refractivity contribution in [2.45, 2.75) is 11.8 Å². The minimum absolute atomic E-state index is 0.248. The second-order valence-corrected chi connectivity index (χ2v) is 6.79. The number of anilines is 2. The van der Waals surface area contributed by atoms with E-state index in [-0.39, 0.29) is 9.92 Å². The molecular formula is C13H11Cl2FN2O2S. The molecule has 0 bridgehead atoms. The van der Waals surface area contributed by atoms with Gasteiger partial charge in [-0.05, 0) is 42.8 Å². The Hall–Kier alpha value is -1.50. The number of hydrogen-bond acceptors (Lipinski definition) is 3. The van der Waals surface area contributed by atoms with Crippen LogP contribution >= 0.6 is 23.2 Å². The van der Waals surface area contributed by atoms with E-state index in [1.54, 1.807) is 19.1 Å². The van der Waals surface area contributed by atoms with Crippen molar-refractivity contribution in [3.63, 3.8) is 0 Å². The van der Waals surface area contributed by atoms with Gasteiger partial charge in [0.1, 0.15) is 4.90 Å². The Balaban J connectivity index is 2.43. The number of hydrogen-bond donors (Lipinski definition) is 2. The molecule has 0 heterocycles. The van der Waals surface area contributed by atoms with E-state index in [1.807, 2.05) is 0 Å². The van der Waals surface area contributed by atoms with Crippen LogP contribution in [0.25, 0.3) is 0 Å². The van der Waals surface area contributed by atoms with E-state index in [0.717, 1.165) is 12.1 Å². The molecule has 0 aromatic heterocycles. The van der Waals surface area contributed by atoms with Crippen LogP contribution in [0.2, 0.25) is 10.0 Å². The summed E-state index contributed by atoms with van der Waals surface area (Å²) >= 11 is 11.3. The summed E-state index contributed by atoms with van der Waals surface area (Å²) in [4.78, 5) is -0.388. The molecule has 8 heteroatoms. The van der Waals surface area contributed by atoms with Crippen molar-refractivity contribution >= 4 is 44.6 Å². The predicted octanol–water partition coefficient (Wildman–Crippen LogP) is 3.82. The maximum Gasteiger partial charge on any atom is 0.263 e. The Kier molecular flexibility index (Phi) is 4.32. The number of sulfonamides is 1. The lowest BCUT2D eigenvalue weighted by atomic mass is 10.2. The lowest BCUT2D eigenvalue weighted by Crippen LogP contribution is -2.14. The molecule has 0 aliphatic heterocycles. The number of rotatable bonds is 3. The standard InChI is InChI=1S/C13H11Cl2FN2O2S/c1-7-6-8(2-4-10(7)17)18-21(19,20)11-5-3-9(14)13(16)12(11)15/h2-6,18H,17H2,1H3. The van der Waals surface area contributed by atoms with Crippen molar-refractivity contribution in [3.05, 3.63) is 51.8 Å². The first-order chi connectivity index (χ1) is 9.72. The summed E-state index contributed by atoms with van der Waals surface area (Å²) < 4.78 is 40.4. The van der Waals surface area contributed by atoms with Crippen LogP contribution < -0.4 is 10.5 Å². The van der Waals surface area contributed by atoms with Gasteiger partial charge in [-0.15, -0.1) is 0 Å². The first-order valence-electron chi connectivity index (χ1n) is 5.75. The number of nitrogens with one attached hydrogen (secondary N) is 1. The van der Waals surface area contributed by atoms with Crippen molar-refractivity contribution < 1.29 is 12.8 Å². The first kappa shape index (κ1) is 15.9. The van der Waals surface area contributed by atoms with E-state index in [1.165, 1.54) is 6.07 Å². The Labute approximate surface area is 131 Å². The quantitative estimate of drug-likeness (QED) is 0.654. The molecule has 112 valence electrons. The fraction of sp³-hybridized carbons (Fsp3) is 0.0769. The van der Waals surface area contributed by atoms with Crippen LogP contribution in [0, 0.1) is 12.7 Å². The Bertz CT molecular complexity index is 810. The average molecular weight is 349 g/mol. The van der Waals surface area contributed by atoms with Crippen molar-refractivity contribution in [1.82, 2.24) is 0 Å². The number of aryl methyl sites for hydroxylation is 1. The van der Waals surface area contributed by atoms with Gasteiger partial charge in [-0.2, -0.15) is 0 Å². The lowest BCUT2D eigenvalue weighted by molar-refractivity contribution is 0.595. The van der Waals surface area contributed by atoms with Gasteiger partial charge in [0.2, 0.25) is 0 Å². The fourth-order valence-electron chi connectivity index (χ4n) is 1.67. The number of nitrogen functional groups attached to an aromatic ring is 1. The topological polar surface area (TPSA) is 72.2 Å². The van der Waals surface area contributed by atoms with Crippen LogP contribution in [-0.4, -0.2) is 8.42 Å². The molecule has 2 rings (SSSR count). The van der Waals surface area contributed by atoms with Crippen LogP contribution in [0.3, 0.4) is 0 Å². The van der Waals surface area contributed by atoms with E-state index < -0.39 is 20.9 Å². The summed E-state index contributed by atoms with van der Waals surface area (Å²) in [7, 11) is -4.03. The van der Waals surface area contributed by atoms with E-state index in [2.05, 4.69) is 4.72 Å². The zero-order chi connectivity index (χ0) is 15.8. The van der Waals surface area contributed by atoms with Crippen molar-refractivity contribution in [2.75, 3.05) is 10.5 Å². The molecule has 0 radical (unpaired) electrons. The highest BCUT2D eigenvalue weighted by Crippen LogP contribution is 2.30. The van der Waals surface area contributed by atoms with E-state index in [0.29, 0.717) is 16.9 Å². The highest BCUT2D eigenvalue weighted by molar-refractivity contribution is 7.92. The smallest absolute Gasteiger partial charge is 0.263 e. The maximum atomic E-state index is 13.6. The summed E-state index contributed by atoms with van der Waals surface area (Å²) in [6.07, 6.45) is 0. The molecule has 4 nitrogen and oxygen atoms in total. The molecular weight excluding hydrogens is 338 g/mol. The van der Waals surface area contributed by atoms with Crippen LogP contribution in [0.4, 0.5) is 15.8 Å². The number of benzene rings is 2. The molecule has 0 saturated heterocycles. The number of halogens is 3. The number of nitrogens with two attached hydrogens (primary N) is 1. The second kappa shape index (κ2) is 5.71. The van der Waals surface area contributed by atoms with Gasteiger partial charge in [-0.1, -0.05) is 23.2 Å². The molecule has 0 aliphatic carbocycles. The predicted molar refractivity (Wildman–Crippen MR) is 82.8 cm³/mol. The molecule has 2 aromatic rings. The van der Waals surface area contributed by atoms with E-state index in [9.17, 15) is 12.8 Å². The highest BCUT2D eigenvalue weighted by atomic mass is 35.5. The molecule has 2 aromatic carbocycles. The molecule has 0 atom stereocenters. The molecule has 0 fully saturated rings. The van der Waals surface area contributed by atoms with Gasteiger partial charge < -0.3 is 5.73 Å². The van der Waals surface area contributed by atoms with E-state index >= 15 is 0 Å². The van der Waals surface area contributed by atoms with Crippen LogP contribution in [-0.2, 0) is 10.0 Å². The zero-order valence-corrected chi connectivity index (χ0v) is 13.2. The van der Waals surface area contributed by atoms with Crippen molar-refractivity contribution in [1.29, 1.82) is 0 Å². The van der Waals surface area contributed by atoms with Gasteiger partial charge >= 0.3 is 0 Å². The average Bonchev–Trinajstić information content (AvgIpc) is 2.39. The first-order valence-corrected chi connectivity index (χ1v) is 7.99. The fourth-order valence-corrected chi connectivity index (χ4v) is 3.46. The van der Waals surface area contributed by atoms with Gasteiger partial charge in [0.25, 0.3) is 10.0 Å². The molecule has 0 saturated carbocycles. The summed E-state index contributed by atoms with van der Waals surface area (Å²) in [6, 6.07) is 6.90. The largest absolute Gasteiger partial charge is 0.399 e. The zero-order valence-electron chi connectivity index (χ0n) is 10.8. The summed E-state index contributed by atoms with van der Waals surface area (Å²) in [5.74, 6) is -0.977. The van der Waals surface area contributed by atoms with Gasteiger partial charge in [0.15, 0.2) is 5.82 Å². The molecule has 0 aliphatic rings. The molecule has 0 unspecified atom stereocenters. The Morgan fingerprint density at radius 2 is 1.86 bits per heavy atom. The third-order valence-corrected chi connectivity index (χ3v) is 5.01. The SMILES string of the molecule is Cc1cc(NS(=O)(=O)c2ccc(Cl)c(F)c2Cl)ccc1N. The molecule has 0 amide bonds. The monoisotopic (exact) mass is 348 g/mol. The second-order valence-electron chi connectivity index (χ2n) is 4.35. The Morgan fingerprint density at radius 1 is 1.19 bits per heavy atom. The molecule has 0 spiro atoms. The Morgan fingerprint density at radius 3 is 2.48 bits per heavy atom. The molecule has 21 heavy (non-hydrogen) atoms. The highest BCUT2D eigenvalue weighted by Gasteiger charge is 2.22. The minimum atomic E-state index is -4.03. The van der Waals surface area contributed by atoms with Crippen molar-refractivity contribution in [2.24, 2.45) is 0 Å². The van der Waals surface area contributed by atoms with Crippen LogP contribution in [0.1, 0.15) is 5.56 Å². The third kappa shape index (κ3) is 3.23. The van der Waals surface area contributed by atoms with Crippen LogP contribution in [0.5, 0.6) is 0 Å². The lowest BCUT2D eigenvalue weighted by Gasteiger charge is -2.11.